The lowest BCUT2D eigenvalue weighted by Gasteiger charge is -2.29. The van der Waals surface area contributed by atoms with Crippen LogP contribution < -0.4 is 16.4 Å². The van der Waals surface area contributed by atoms with Crippen molar-refractivity contribution in [3.8, 4) is 0 Å². The molecule has 0 saturated carbocycles. The Morgan fingerprint density at radius 3 is 2.31 bits per heavy atom. The van der Waals surface area contributed by atoms with E-state index in [-0.39, 0.29) is 12.8 Å². The molecule has 1 aliphatic rings. The van der Waals surface area contributed by atoms with Crippen molar-refractivity contribution >= 4 is 23.7 Å². The van der Waals surface area contributed by atoms with E-state index in [9.17, 15) is 29.4 Å². The average Bonchev–Trinajstić information content (AvgIpc) is 3.58. The average molecular weight is 491 g/mol. The molecular weight excluding hydrogens is 460 g/mol. The number of nitrogens with zero attached hydrogens (tertiary/aromatic N) is 3. The highest BCUT2D eigenvalue weighted by Crippen LogP contribution is 2.19. The SMILES string of the molecule is CC(O)C(NC(=O)C1CCCN1C(=O)C(N)Cc1cnc[nH]1)C(=O)NC(Cc1cnc[nH]1)C(=O)O. The third-order valence-corrected chi connectivity index (χ3v) is 5.81. The smallest absolute Gasteiger partial charge is 0.326 e. The summed E-state index contributed by atoms with van der Waals surface area (Å²) in [5, 5.41) is 24.4. The van der Waals surface area contributed by atoms with Gasteiger partial charge in [0, 0.05) is 43.2 Å². The Morgan fingerprint density at radius 2 is 1.77 bits per heavy atom. The molecule has 190 valence electrons. The number of aliphatic carboxylic acids is 1. The van der Waals surface area contributed by atoms with Gasteiger partial charge < -0.3 is 41.4 Å². The second kappa shape index (κ2) is 11.6. The summed E-state index contributed by atoms with van der Waals surface area (Å²) in [6.45, 7) is 1.62. The number of aromatic nitrogens is 4. The van der Waals surface area contributed by atoms with Gasteiger partial charge >= 0.3 is 5.97 Å². The zero-order chi connectivity index (χ0) is 25.5. The predicted molar refractivity (Wildman–Crippen MR) is 120 cm³/mol. The Kier molecular flexibility index (Phi) is 8.54. The van der Waals surface area contributed by atoms with Crippen molar-refractivity contribution in [3.63, 3.8) is 0 Å². The predicted octanol–water partition coefficient (Wildman–Crippen LogP) is -2.33. The number of carboxylic acid groups (broad SMARTS) is 1. The van der Waals surface area contributed by atoms with Crippen molar-refractivity contribution in [2.24, 2.45) is 5.73 Å². The maximum Gasteiger partial charge on any atom is 0.326 e. The van der Waals surface area contributed by atoms with E-state index in [1.165, 1.54) is 30.7 Å². The maximum atomic E-state index is 13.0. The summed E-state index contributed by atoms with van der Waals surface area (Å²) >= 11 is 0. The van der Waals surface area contributed by atoms with Crippen LogP contribution in [0.5, 0.6) is 0 Å². The van der Waals surface area contributed by atoms with Gasteiger partial charge in [0.25, 0.3) is 0 Å². The van der Waals surface area contributed by atoms with Crippen molar-refractivity contribution in [2.45, 2.75) is 62.9 Å². The number of carbonyl (C=O) groups excluding carboxylic acids is 3. The first-order valence-electron chi connectivity index (χ1n) is 11.2. The lowest BCUT2D eigenvalue weighted by Crippen LogP contribution is -2.59. The minimum Gasteiger partial charge on any atom is -0.480 e. The highest BCUT2D eigenvalue weighted by molar-refractivity contribution is 5.94. The van der Waals surface area contributed by atoms with Crippen molar-refractivity contribution in [1.82, 2.24) is 35.5 Å². The van der Waals surface area contributed by atoms with Crippen molar-refractivity contribution in [2.75, 3.05) is 6.54 Å². The van der Waals surface area contributed by atoms with Gasteiger partial charge in [-0.1, -0.05) is 0 Å². The van der Waals surface area contributed by atoms with Crippen LogP contribution in [0.2, 0.25) is 0 Å². The van der Waals surface area contributed by atoms with E-state index >= 15 is 0 Å². The Labute approximate surface area is 200 Å². The number of aromatic amines is 2. The molecular formula is C21H30N8O6. The van der Waals surface area contributed by atoms with Crippen LogP contribution in [0.3, 0.4) is 0 Å². The largest absolute Gasteiger partial charge is 0.480 e. The molecule has 8 N–H and O–H groups in total. The molecule has 2 aromatic rings. The number of hydrogen-bond acceptors (Lipinski definition) is 8. The number of carbonyl (C=O) groups is 4. The number of nitrogens with two attached hydrogens (primary N) is 1. The molecule has 1 saturated heterocycles. The number of aliphatic hydroxyl groups is 1. The van der Waals surface area contributed by atoms with Gasteiger partial charge in [-0.2, -0.15) is 0 Å². The number of nitrogens with one attached hydrogen (secondary N) is 4. The van der Waals surface area contributed by atoms with Gasteiger partial charge in [-0.25, -0.2) is 14.8 Å². The number of amides is 3. The molecule has 2 aromatic heterocycles. The molecule has 3 rings (SSSR count). The lowest BCUT2D eigenvalue weighted by atomic mass is 10.1. The van der Waals surface area contributed by atoms with E-state index in [1.807, 2.05) is 0 Å². The van der Waals surface area contributed by atoms with Gasteiger partial charge in [0.15, 0.2) is 0 Å². The molecule has 14 heteroatoms. The van der Waals surface area contributed by atoms with E-state index in [0.29, 0.717) is 30.8 Å². The summed E-state index contributed by atoms with van der Waals surface area (Å²) in [6, 6.07) is -4.50. The first-order valence-corrected chi connectivity index (χ1v) is 11.2. The van der Waals surface area contributed by atoms with Crippen LogP contribution in [0, 0.1) is 0 Å². The van der Waals surface area contributed by atoms with E-state index in [0.717, 1.165) is 0 Å². The Balaban J connectivity index is 1.63. The fraction of sp³-hybridized carbons (Fsp3) is 0.524. The molecule has 5 unspecified atom stereocenters. The van der Waals surface area contributed by atoms with Crippen LogP contribution in [0.1, 0.15) is 31.2 Å². The zero-order valence-electron chi connectivity index (χ0n) is 19.2. The van der Waals surface area contributed by atoms with Crippen LogP contribution in [-0.2, 0) is 32.0 Å². The van der Waals surface area contributed by atoms with Gasteiger partial charge in [0.2, 0.25) is 17.7 Å². The van der Waals surface area contributed by atoms with E-state index < -0.39 is 54.0 Å². The number of rotatable bonds is 11. The van der Waals surface area contributed by atoms with Gasteiger partial charge in [-0.05, 0) is 19.8 Å². The minimum atomic E-state index is -1.43. The van der Waals surface area contributed by atoms with Crippen LogP contribution in [0.4, 0.5) is 0 Å². The number of carboxylic acids is 1. The molecule has 1 fully saturated rings. The minimum absolute atomic E-state index is 0.0688. The summed E-state index contributed by atoms with van der Waals surface area (Å²) in [5.74, 6) is -3.21. The molecule has 0 aliphatic carbocycles. The second-order valence-corrected chi connectivity index (χ2v) is 8.48. The van der Waals surface area contributed by atoms with Crippen LogP contribution >= 0.6 is 0 Å². The first kappa shape index (κ1) is 25.8. The number of hydrogen-bond donors (Lipinski definition) is 7. The highest BCUT2D eigenvalue weighted by atomic mass is 16.4. The van der Waals surface area contributed by atoms with Gasteiger partial charge in [0.1, 0.15) is 18.1 Å². The van der Waals surface area contributed by atoms with Crippen LogP contribution in [0.15, 0.2) is 25.0 Å². The highest BCUT2D eigenvalue weighted by Gasteiger charge is 2.39. The van der Waals surface area contributed by atoms with Crippen molar-refractivity contribution in [3.05, 3.63) is 36.4 Å². The quantitative estimate of drug-likeness (QED) is 0.179. The van der Waals surface area contributed by atoms with Crippen molar-refractivity contribution in [1.29, 1.82) is 0 Å². The summed E-state index contributed by atoms with van der Waals surface area (Å²) in [6.07, 6.45) is 5.60. The monoisotopic (exact) mass is 490 g/mol. The Bertz CT molecular complexity index is 1010. The molecule has 35 heavy (non-hydrogen) atoms. The molecule has 5 atom stereocenters. The van der Waals surface area contributed by atoms with E-state index in [4.69, 9.17) is 5.73 Å². The number of aliphatic hydroxyl groups excluding tert-OH is 1. The number of likely N-dealkylation sites (tertiary alicyclic amines) is 1. The summed E-state index contributed by atoms with van der Waals surface area (Å²) in [5.41, 5.74) is 7.22. The van der Waals surface area contributed by atoms with Crippen LogP contribution in [-0.4, -0.2) is 95.6 Å². The fourth-order valence-electron chi connectivity index (χ4n) is 3.97. The molecule has 3 heterocycles. The second-order valence-electron chi connectivity index (χ2n) is 8.48. The normalized spacial score (nSPS) is 18.9. The lowest BCUT2D eigenvalue weighted by molar-refractivity contribution is -0.144. The molecule has 0 radical (unpaired) electrons. The van der Waals surface area contributed by atoms with Gasteiger partial charge in [0.05, 0.1) is 24.8 Å². The summed E-state index contributed by atoms with van der Waals surface area (Å²) < 4.78 is 0. The van der Waals surface area contributed by atoms with Gasteiger partial charge in [-0.3, -0.25) is 14.4 Å². The molecule has 3 amide bonds. The van der Waals surface area contributed by atoms with Crippen LogP contribution in [0.25, 0.3) is 0 Å². The first-order chi connectivity index (χ1) is 16.7. The third kappa shape index (κ3) is 6.64. The summed E-state index contributed by atoms with van der Waals surface area (Å²) in [4.78, 5) is 65.0. The molecule has 0 aromatic carbocycles. The molecule has 0 spiro atoms. The van der Waals surface area contributed by atoms with E-state index in [1.54, 1.807) is 6.20 Å². The van der Waals surface area contributed by atoms with Gasteiger partial charge in [-0.15, -0.1) is 0 Å². The number of H-pyrrole nitrogens is 2. The molecule has 1 aliphatic heterocycles. The fourth-order valence-corrected chi connectivity index (χ4v) is 3.97. The molecule has 0 bridgehead atoms. The topological polar surface area (TPSA) is 219 Å². The van der Waals surface area contributed by atoms with E-state index in [2.05, 4.69) is 30.6 Å². The Hall–Kier alpha value is -3.78. The standard InChI is InChI=1S/C21H30N8O6/c1-11(30)17(19(32)27-15(21(34)35)6-13-8-24-10-26-13)28-18(31)16-3-2-4-29(16)20(33)14(22)5-12-7-23-9-25-12/h7-11,14-17,30H,2-6,22H2,1H3,(H,23,25)(H,24,26)(H,27,32)(H,28,31)(H,34,35). The number of imidazole rings is 2. The maximum absolute atomic E-state index is 13.0. The summed E-state index contributed by atoms with van der Waals surface area (Å²) in [7, 11) is 0. The Morgan fingerprint density at radius 1 is 1.14 bits per heavy atom. The zero-order valence-corrected chi connectivity index (χ0v) is 19.2. The third-order valence-electron chi connectivity index (χ3n) is 5.81. The molecule has 14 nitrogen and oxygen atoms in total. The van der Waals surface area contributed by atoms with Crippen molar-refractivity contribution < 1.29 is 29.4 Å².